The van der Waals surface area contributed by atoms with Gasteiger partial charge in [0.15, 0.2) is 0 Å². The Morgan fingerprint density at radius 2 is 2.06 bits per heavy atom. The number of rotatable bonds is 4. The van der Waals surface area contributed by atoms with E-state index in [0.717, 1.165) is 15.9 Å². The lowest BCUT2D eigenvalue weighted by Crippen LogP contribution is -2.23. The van der Waals surface area contributed by atoms with E-state index in [4.69, 9.17) is 0 Å². The molecule has 1 unspecified atom stereocenters. The van der Waals surface area contributed by atoms with Crippen LogP contribution in [0.2, 0.25) is 0 Å². The number of benzene rings is 1. The van der Waals surface area contributed by atoms with Gasteiger partial charge in [0, 0.05) is 10.4 Å². The van der Waals surface area contributed by atoms with Crippen molar-refractivity contribution in [1.29, 1.82) is 0 Å². The number of hydrogen-bond donors (Lipinski definition) is 1. The average molecular weight is 328 g/mol. The molecule has 0 amide bonds. The first kappa shape index (κ1) is 13.7. The zero-order valence-corrected chi connectivity index (χ0v) is 12.7. The van der Waals surface area contributed by atoms with Crippen molar-refractivity contribution in [3.8, 4) is 0 Å². The Bertz CT molecular complexity index is 538. The molecule has 0 aliphatic carbocycles. The number of halogens is 2. The third-order valence-corrected chi connectivity index (χ3v) is 4.43. The summed E-state index contributed by atoms with van der Waals surface area (Å²) < 4.78 is 15.0. The van der Waals surface area contributed by atoms with Crippen LogP contribution >= 0.6 is 27.3 Å². The topological polar surface area (TPSA) is 12.0 Å². The smallest absolute Gasteiger partial charge is 0.128 e. The molecule has 4 heteroatoms. The molecule has 0 saturated carbocycles. The molecule has 96 valence electrons. The molecule has 0 fully saturated rings. The quantitative estimate of drug-likeness (QED) is 0.861. The summed E-state index contributed by atoms with van der Waals surface area (Å²) in [6, 6.07) is 8.93. The fraction of sp³-hybridized carbons (Fsp3) is 0.286. The first-order chi connectivity index (χ1) is 8.63. The van der Waals surface area contributed by atoms with Crippen LogP contribution in [0.1, 0.15) is 29.0 Å². The van der Waals surface area contributed by atoms with Crippen molar-refractivity contribution < 1.29 is 4.39 Å². The van der Waals surface area contributed by atoms with Gasteiger partial charge in [-0.2, -0.15) is 0 Å². The summed E-state index contributed by atoms with van der Waals surface area (Å²) in [7, 11) is 0. The molecule has 0 aliphatic heterocycles. The molecule has 1 N–H and O–H groups in total. The van der Waals surface area contributed by atoms with E-state index in [2.05, 4.69) is 34.2 Å². The molecular weight excluding hydrogens is 313 g/mol. The van der Waals surface area contributed by atoms with Crippen LogP contribution in [0.5, 0.6) is 0 Å². The number of thiophene rings is 1. The molecule has 2 aromatic rings. The predicted octanol–water partition coefficient (Wildman–Crippen LogP) is 4.66. The Balaban J connectivity index is 2.46. The Morgan fingerprint density at radius 3 is 2.61 bits per heavy atom. The summed E-state index contributed by atoms with van der Waals surface area (Å²) in [4.78, 5) is 1.20. The average Bonchev–Trinajstić information content (AvgIpc) is 2.66. The number of aryl methyl sites for hydroxylation is 1. The van der Waals surface area contributed by atoms with Gasteiger partial charge in [0.25, 0.3) is 0 Å². The fourth-order valence-electron chi connectivity index (χ4n) is 2.05. The van der Waals surface area contributed by atoms with Gasteiger partial charge in [-0.3, -0.25) is 0 Å². The molecule has 18 heavy (non-hydrogen) atoms. The minimum absolute atomic E-state index is 0.0845. The van der Waals surface area contributed by atoms with Crippen molar-refractivity contribution in [2.75, 3.05) is 6.54 Å². The lowest BCUT2D eigenvalue weighted by atomic mass is 9.99. The normalized spacial score (nSPS) is 12.7. The fourth-order valence-corrected chi connectivity index (χ4v) is 3.79. The third-order valence-electron chi connectivity index (χ3n) is 2.86. The molecule has 0 aliphatic rings. The van der Waals surface area contributed by atoms with Gasteiger partial charge < -0.3 is 5.32 Å². The second kappa shape index (κ2) is 5.95. The molecule has 1 atom stereocenters. The van der Waals surface area contributed by atoms with Crippen LogP contribution in [-0.4, -0.2) is 6.54 Å². The Labute approximate surface area is 119 Å². The summed E-state index contributed by atoms with van der Waals surface area (Å²) in [6.07, 6.45) is 0. The highest BCUT2D eigenvalue weighted by Crippen LogP contribution is 2.34. The molecule has 1 aromatic heterocycles. The van der Waals surface area contributed by atoms with Crippen molar-refractivity contribution in [2.24, 2.45) is 0 Å². The highest BCUT2D eigenvalue weighted by atomic mass is 79.9. The van der Waals surface area contributed by atoms with E-state index in [1.807, 2.05) is 19.1 Å². The summed E-state index contributed by atoms with van der Waals surface area (Å²) in [5.74, 6) is -0.162. The van der Waals surface area contributed by atoms with Crippen LogP contribution in [0.4, 0.5) is 4.39 Å². The van der Waals surface area contributed by atoms with Gasteiger partial charge in [-0.05, 0) is 47.1 Å². The largest absolute Gasteiger partial charge is 0.306 e. The first-order valence-corrected chi connectivity index (χ1v) is 7.48. The molecule has 1 nitrogen and oxygen atoms in total. The van der Waals surface area contributed by atoms with E-state index in [1.54, 1.807) is 17.4 Å². The molecule has 1 heterocycles. The predicted molar refractivity (Wildman–Crippen MR) is 78.7 cm³/mol. The van der Waals surface area contributed by atoms with Gasteiger partial charge in [0.05, 0.1) is 9.83 Å². The summed E-state index contributed by atoms with van der Waals surface area (Å²) >= 11 is 5.17. The number of hydrogen-bond acceptors (Lipinski definition) is 2. The molecule has 0 spiro atoms. The minimum atomic E-state index is -0.162. The molecule has 0 radical (unpaired) electrons. The highest BCUT2D eigenvalue weighted by molar-refractivity contribution is 9.11. The van der Waals surface area contributed by atoms with Gasteiger partial charge in [0.1, 0.15) is 5.82 Å². The van der Waals surface area contributed by atoms with Crippen LogP contribution in [0.15, 0.2) is 34.1 Å². The van der Waals surface area contributed by atoms with E-state index in [0.29, 0.717) is 5.56 Å². The van der Waals surface area contributed by atoms with Gasteiger partial charge in [0.2, 0.25) is 0 Å². The van der Waals surface area contributed by atoms with Crippen LogP contribution in [0.3, 0.4) is 0 Å². The molecular formula is C14H15BrFNS. The molecule has 0 saturated heterocycles. The highest BCUT2D eigenvalue weighted by Gasteiger charge is 2.20. The Hall–Kier alpha value is -0.710. The van der Waals surface area contributed by atoms with E-state index in [1.165, 1.54) is 10.9 Å². The van der Waals surface area contributed by atoms with Gasteiger partial charge >= 0.3 is 0 Å². The number of nitrogens with one attached hydrogen (secondary N) is 1. The van der Waals surface area contributed by atoms with Gasteiger partial charge in [-0.15, -0.1) is 11.3 Å². The summed E-state index contributed by atoms with van der Waals surface area (Å²) in [6.45, 7) is 4.90. The maximum atomic E-state index is 13.9. The standard InChI is InChI=1S/C14H15BrFNS/c1-3-17-14(10-6-4-5-7-12(10)16)11-8-13(15)18-9(11)2/h4-8,14,17H,3H2,1-2H3. The SMILES string of the molecule is CCNC(c1ccccc1F)c1cc(Br)sc1C. The zero-order chi connectivity index (χ0) is 13.1. The maximum absolute atomic E-state index is 13.9. The van der Waals surface area contributed by atoms with Crippen molar-refractivity contribution in [2.45, 2.75) is 19.9 Å². The van der Waals surface area contributed by atoms with Crippen LogP contribution in [0, 0.1) is 12.7 Å². The summed E-state index contributed by atoms with van der Waals surface area (Å²) in [5.41, 5.74) is 1.84. The maximum Gasteiger partial charge on any atom is 0.128 e. The molecule has 1 aromatic carbocycles. The molecule has 2 rings (SSSR count). The van der Waals surface area contributed by atoms with Gasteiger partial charge in [-0.1, -0.05) is 25.1 Å². The minimum Gasteiger partial charge on any atom is -0.306 e. The Kier molecular flexibility index (Phi) is 4.54. The summed E-state index contributed by atoms with van der Waals surface area (Å²) in [5, 5.41) is 3.36. The third kappa shape index (κ3) is 2.82. The zero-order valence-electron chi connectivity index (χ0n) is 10.3. The van der Waals surface area contributed by atoms with Crippen molar-refractivity contribution >= 4 is 27.3 Å². The van der Waals surface area contributed by atoms with Gasteiger partial charge in [-0.25, -0.2) is 4.39 Å². The lowest BCUT2D eigenvalue weighted by molar-refractivity contribution is 0.559. The van der Waals surface area contributed by atoms with Crippen LogP contribution in [-0.2, 0) is 0 Å². The monoisotopic (exact) mass is 327 g/mol. The van der Waals surface area contributed by atoms with Crippen LogP contribution in [0.25, 0.3) is 0 Å². The van der Waals surface area contributed by atoms with E-state index < -0.39 is 0 Å². The van der Waals surface area contributed by atoms with Crippen molar-refractivity contribution in [1.82, 2.24) is 5.32 Å². The van der Waals surface area contributed by atoms with E-state index >= 15 is 0 Å². The second-order valence-electron chi connectivity index (χ2n) is 4.07. The first-order valence-electron chi connectivity index (χ1n) is 5.87. The van der Waals surface area contributed by atoms with Crippen molar-refractivity contribution in [3.05, 3.63) is 55.9 Å². The van der Waals surface area contributed by atoms with Crippen molar-refractivity contribution in [3.63, 3.8) is 0 Å². The van der Waals surface area contributed by atoms with Crippen LogP contribution < -0.4 is 5.32 Å². The second-order valence-corrected chi connectivity index (χ2v) is 6.71. The van der Waals surface area contributed by atoms with E-state index in [9.17, 15) is 4.39 Å². The van der Waals surface area contributed by atoms with E-state index in [-0.39, 0.29) is 11.9 Å². The molecule has 0 bridgehead atoms. The Morgan fingerprint density at radius 1 is 1.33 bits per heavy atom. The lowest BCUT2D eigenvalue weighted by Gasteiger charge is -2.19.